The van der Waals surface area contributed by atoms with E-state index in [1.807, 2.05) is 13.0 Å². The predicted molar refractivity (Wildman–Crippen MR) is 118 cm³/mol. The Morgan fingerprint density at radius 3 is 2.62 bits per heavy atom. The zero-order valence-electron chi connectivity index (χ0n) is 17.0. The first-order valence-electron chi connectivity index (χ1n) is 9.95. The van der Waals surface area contributed by atoms with Gasteiger partial charge in [0, 0.05) is 18.1 Å². The lowest BCUT2D eigenvalue weighted by atomic mass is 10.1. The Morgan fingerprint density at radius 2 is 1.90 bits per heavy atom. The third-order valence-corrected chi connectivity index (χ3v) is 5.44. The number of hydrogen-bond donors (Lipinski definition) is 2. The van der Waals surface area contributed by atoms with Crippen molar-refractivity contribution in [1.82, 2.24) is 10.2 Å². The van der Waals surface area contributed by atoms with Gasteiger partial charge in [-0.3, -0.25) is 14.5 Å². The van der Waals surface area contributed by atoms with Crippen LogP contribution in [0.5, 0.6) is 0 Å². The summed E-state index contributed by atoms with van der Waals surface area (Å²) in [4.78, 5) is 30.1. The molecule has 1 atom stereocenters. The van der Waals surface area contributed by atoms with Crippen LogP contribution >= 0.6 is 11.6 Å². The van der Waals surface area contributed by atoms with Crippen molar-refractivity contribution in [2.24, 2.45) is 0 Å². The van der Waals surface area contributed by atoms with Crippen molar-refractivity contribution in [3.8, 4) is 0 Å². The Labute approximate surface area is 176 Å². The summed E-state index contributed by atoms with van der Waals surface area (Å²) in [5, 5.41) is 6.68. The van der Waals surface area contributed by atoms with Gasteiger partial charge in [0.05, 0.1) is 28.7 Å². The van der Waals surface area contributed by atoms with Gasteiger partial charge < -0.3 is 15.5 Å². The maximum Gasteiger partial charge on any atom is 0.257 e. The van der Waals surface area contributed by atoms with Gasteiger partial charge in [-0.25, -0.2) is 0 Å². The smallest absolute Gasteiger partial charge is 0.257 e. The molecule has 0 radical (unpaired) electrons. The van der Waals surface area contributed by atoms with Crippen LogP contribution in [-0.4, -0.2) is 48.9 Å². The van der Waals surface area contributed by atoms with Crippen LogP contribution in [0.3, 0.4) is 0 Å². The van der Waals surface area contributed by atoms with Crippen molar-refractivity contribution in [3.63, 3.8) is 0 Å². The topological polar surface area (TPSA) is 64.7 Å². The molecule has 0 aromatic heterocycles. The molecule has 0 saturated heterocycles. The van der Waals surface area contributed by atoms with Crippen LogP contribution in [0.1, 0.15) is 31.1 Å². The van der Waals surface area contributed by atoms with Gasteiger partial charge in [0.25, 0.3) is 5.91 Å². The molecule has 0 aliphatic carbocycles. The number of carbonyl (C=O) groups is 2. The molecule has 29 heavy (non-hydrogen) atoms. The van der Waals surface area contributed by atoms with Crippen molar-refractivity contribution < 1.29 is 9.59 Å². The molecule has 2 aromatic carbocycles. The van der Waals surface area contributed by atoms with Crippen molar-refractivity contribution in [2.75, 3.05) is 36.4 Å². The van der Waals surface area contributed by atoms with Crippen LogP contribution < -0.4 is 15.5 Å². The minimum Gasteiger partial charge on any atom is -0.320 e. The minimum atomic E-state index is -0.421. The van der Waals surface area contributed by atoms with E-state index in [2.05, 4.69) is 29.4 Å². The van der Waals surface area contributed by atoms with E-state index in [9.17, 15) is 9.59 Å². The molecule has 0 fully saturated rings. The van der Waals surface area contributed by atoms with Crippen LogP contribution in [0.4, 0.5) is 17.1 Å². The van der Waals surface area contributed by atoms with Gasteiger partial charge in [-0.05, 0) is 50.3 Å². The summed E-state index contributed by atoms with van der Waals surface area (Å²) in [6, 6.07) is 11.9. The number of halogens is 1. The van der Waals surface area contributed by atoms with Crippen LogP contribution in [0.15, 0.2) is 42.5 Å². The summed E-state index contributed by atoms with van der Waals surface area (Å²) in [7, 11) is 0. The second-order valence-corrected chi connectivity index (χ2v) is 7.45. The molecule has 2 N–H and O–H groups in total. The van der Waals surface area contributed by atoms with Gasteiger partial charge in [-0.1, -0.05) is 37.6 Å². The van der Waals surface area contributed by atoms with Gasteiger partial charge in [-0.15, -0.1) is 0 Å². The van der Waals surface area contributed by atoms with E-state index < -0.39 is 6.04 Å². The Balaban J connectivity index is 1.91. The fraction of sp³-hybridized carbons (Fsp3) is 0.364. The minimum absolute atomic E-state index is 0.128. The summed E-state index contributed by atoms with van der Waals surface area (Å²) in [5.74, 6) is -0.390. The van der Waals surface area contributed by atoms with Crippen molar-refractivity contribution in [1.29, 1.82) is 0 Å². The van der Waals surface area contributed by atoms with Crippen LogP contribution in [0.2, 0.25) is 5.02 Å². The van der Waals surface area contributed by atoms with E-state index in [0.29, 0.717) is 34.2 Å². The van der Waals surface area contributed by atoms with Crippen LogP contribution in [-0.2, 0) is 4.79 Å². The molecule has 1 unspecified atom stereocenters. The molecule has 0 spiro atoms. The third-order valence-electron chi connectivity index (χ3n) is 5.20. The van der Waals surface area contributed by atoms with Crippen molar-refractivity contribution in [2.45, 2.75) is 26.8 Å². The predicted octanol–water partition coefficient (Wildman–Crippen LogP) is 3.89. The van der Waals surface area contributed by atoms with E-state index in [0.717, 1.165) is 19.6 Å². The quantitative estimate of drug-likeness (QED) is 0.721. The van der Waals surface area contributed by atoms with Crippen molar-refractivity contribution in [3.05, 3.63) is 53.1 Å². The molecule has 154 valence electrons. The number of nitrogens with zero attached hydrogens (tertiary/aromatic N) is 2. The molecule has 1 aliphatic rings. The Bertz CT molecular complexity index is 898. The number of benzene rings is 2. The largest absolute Gasteiger partial charge is 0.320 e. The number of carbonyl (C=O) groups excluding carboxylic acids is 2. The highest BCUT2D eigenvalue weighted by atomic mass is 35.5. The van der Waals surface area contributed by atoms with Crippen molar-refractivity contribution >= 4 is 40.5 Å². The van der Waals surface area contributed by atoms with Crippen LogP contribution in [0, 0.1) is 0 Å². The summed E-state index contributed by atoms with van der Waals surface area (Å²) < 4.78 is 0. The highest BCUT2D eigenvalue weighted by molar-refractivity contribution is 6.31. The fourth-order valence-electron chi connectivity index (χ4n) is 3.48. The molecule has 1 heterocycles. The number of likely N-dealkylation sites (N-methyl/N-ethyl adjacent to an activating group) is 1. The molecular weight excluding hydrogens is 388 g/mol. The maximum absolute atomic E-state index is 13.5. The maximum atomic E-state index is 13.5. The highest BCUT2D eigenvalue weighted by Crippen LogP contribution is 2.39. The van der Waals surface area contributed by atoms with Crippen LogP contribution in [0.25, 0.3) is 0 Å². The molecule has 2 amide bonds. The van der Waals surface area contributed by atoms with Gasteiger partial charge >= 0.3 is 0 Å². The fourth-order valence-corrected chi connectivity index (χ4v) is 3.65. The number of para-hydroxylation sites is 1. The molecule has 7 heteroatoms. The first-order chi connectivity index (χ1) is 14.0. The van der Waals surface area contributed by atoms with E-state index in [1.54, 1.807) is 41.3 Å². The number of hydrogen-bond acceptors (Lipinski definition) is 4. The highest BCUT2D eigenvalue weighted by Gasteiger charge is 2.31. The molecule has 2 aromatic rings. The lowest BCUT2D eigenvalue weighted by molar-refractivity contribution is -0.119. The third kappa shape index (κ3) is 4.61. The first-order valence-corrected chi connectivity index (χ1v) is 10.3. The van der Waals surface area contributed by atoms with Gasteiger partial charge in [0.15, 0.2) is 0 Å². The summed E-state index contributed by atoms with van der Waals surface area (Å²) in [6.45, 7) is 9.62. The molecule has 1 aliphatic heterocycles. The number of fused-ring (bicyclic) bond motifs is 2. The molecule has 6 nitrogen and oxygen atoms in total. The van der Waals surface area contributed by atoms with Gasteiger partial charge in [0.1, 0.15) is 0 Å². The van der Waals surface area contributed by atoms with Gasteiger partial charge in [0.2, 0.25) is 5.91 Å². The number of nitrogens with one attached hydrogen (secondary N) is 2. The Kier molecular flexibility index (Phi) is 6.90. The average Bonchev–Trinajstić information content (AvgIpc) is 2.84. The normalized spacial score (nSPS) is 14.1. The number of anilines is 3. The lowest BCUT2D eigenvalue weighted by Gasteiger charge is -2.28. The number of amides is 2. The average molecular weight is 415 g/mol. The van der Waals surface area contributed by atoms with E-state index in [4.69, 9.17) is 11.6 Å². The zero-order chi connectivity index (χ0) is 21.0. The standard InChI is InChI=1S/C22H27ClN4O2/c1-4-26(5-2)13-12-24-15(3)22(29)27-19-9-7-6-8-17(19)21(28)25-18-14-16(23)10-11-20(18)27/h6-11,14-15,24H,4-5,12-13H2,1-3H3,(H,25,28). The van der Waals surface area contributed by atoms with E-state index in [-0.39, 0.29) is 11.8 Å². The monoisotopic (exact) mass is 414 g/mol. The molecule has 0 saturated carbocycles. The first kappa shape index (κ1) is 21.3. The summed E-state index contributed by atoms with van der Waals surface area (Å²) in [6.07, 6.45) is 0. The molecule has 3 rings (SSSR count). The van der Waals surface area contributed by atoms with E-state index in [1.165, 1.54) is 0 Å². The molecular formula is C22H27ClN4O2. The molecule has 0 bridgehead atoms. The SMILES string of the molecule is CCN(CC)CCNC(C)C(=O)N1c2ccc(Cl)cc2NC(=O)c2ccccc21. The second kappa shape index (κ2) is 9.39. The lowest BCUT2D eigenvalue weighted by Crippen LogP contribution is -2.45. The number of rotatable bonds is 7. The Morgan fingerprint density at radius 1 is 1.17 bits per heavy atom. The summed E-state index contributed by atoms with van der Waals surface area (Å²) >= 11 is 6.13. The second-order valence-electron chi connectivity index (χ2n) is 7.01. The Hall–Kier alpha value is -2.41. The zero-order valence-corrected chi connectivity index (χ0v) is 17.8. The summed E-state index contributed by atoms with van der Waals surface area (Å²) in [5.41, 5.74) is 2.13. The van der Waals surface area contributed by atoms with Gasteiger partial charge in [-0.2, -0.15) is 0 Å². The van der Waals surface area contributed by atoms with E-state index >= 15 is 0 Å².